The molecule has 0 saturated carbocycles. The summed E-state index contributed by atoms with van der Waals surface area (Å²) in [5.41, 5.74) is 2.43. The zero-order valence-corrected chi connectivity index (χ0v) is 11.7. The molecule has 1 N–H and O–H groups in total. The van der Waals surface area contributed by atoms with Crippen LogP contribution in [-0.2, 0) is 13.0 Å². The van der Waals surface area contributed by atoms with Crippen LogP contribution in [-0.4, -0.2) is 22.6 Å². The number of para-hydroxylation sites is 2. The van der Waals surface area contributed by atoms with Crippen molar-refractivity contribution in [1.29, 1.82) is 0 Å². The fourth-order valence-corrected chi connectivity index (χ4v) is 3.19. The molecule has 102 valence electrons. The van der Waals surface area contributed by atoms with Crippen molar-refractivity contribution in [2.24, 2.45) is 5.92 Å². The van der Waals surface area contributed by atoms with E-state index < -0.39 is 0 Å². The third-order valence-corrected chi connectivity index (χ3v) is 4.22. The summed E-state index contributed by atoms with van der Waals surface area (Å²) in [6.45, 7) is 5.57. The second-order valence-electron chi connectivity index (χ2n) is 5.51. The van der Waals surface area contributed by atoms with Gasteiger partial charge in [0.05, 0.1) is 11.0 Å². The normalized spacial score (nSPS) is 20.6. The minimum absolute atomic E-state index is 0.789. The van der Waals surface area contributed by atoms with Gasteiger partial charge in [-0.25, -0.2) is 4.98 Å². The van der Waals surface area contributed by atoms with Crippen molar-refractivity contribution >= 4 is 11.0 Å². The molecule has 0 aliphatic carbocycles. The number of nitrogens with one attached hydrogen (secondary N) is 1. The monoisotopic (exact) mass is 257 g/mol. The van der Waals surface area contributed by atoms with Gasteiger partial charge < -0.3 is 9.88 Å². The largest absolute Gasteiger partial charge is 0.328 e. The molecule has 1 unspecified atom stereocenters. The topological polar surface area (TPSA) is 29.9 Å². The van der Waals surface area contributed by atoms with E-state index in [1.54, 1.807) is 0 Å². The average molecular weight is 257 g/mol. The summed E-state index contributed by atoms with van der Waals surface area (Å²) in [6.07, 6.45) is 5.05. The Bertz CT molecular complexity index is 536. The Kier molecular flexibility index (Phi) is 3.83. The molecule has 0 spiro atoms. The molecule has 1 aliphatic heterocycles. The van der Waals surface area contributed by atoms with Crippen LogP contribution in [0.3, 0.4) is 0 Å². The lowest BCUT2D eigenvalue weighted by Crippen LogP contribution is -2.15. The predicted octanol–water partition coefficient (Wildman–Crippen LogP) is 2.99. The third kappa shape index (κ3) is 2.66. The molecule has 19 heavy (non-hydrogen) atoms. The van der Waals surface area contributed by atoms with Crippen molar-refractivity contribution < 1.29 is 0 Å². The maximum Gasteiger partial charge on any atom is 0.110 e. The lowest BCUT2D eigenvalue weighted by molar-refractivity contribution is 0.451. The quantitative estimate of drug-likeness (QED) is 0.916. The van der Waals surface area contributed by atoms with Crippen molar-refractivity contribution in [3.63, 3.8) is 0 Å². The molecule has 1 atom stereocenters. The van der Waals surface area contributed by atoms with Crippen LogP contribution in [0.2, 0.25) is 0 Å². The molecule has 3 nitrogen and oxygen atoms in total. The first kappa shape index (κ1) is 12.7. The first-order chi connectivity index (χ1) is 9.38. The number of hydrogen-bond donors (Lipinski definition) is 1. The first-order valence-electron chi connectivity index (χ1n) is 7.53. The van der Waals surface area contributed by atoms with Gasteiger partial charge in [-0.2, -0.15) is 0 Å². The number of nitrogens with zero attached hydrogens (tertiary/aromatic N) is 2. The van der Waals surface area contributed by atoms with Gasteiger partial charge in [0.25, 0.3) is 0 Å². The highest BCUT2D eigenvalue weighted by Gasteiger charge is 2.16. The molecule has 2 heterocycles. The zero-order valence-electron chi connectivity index (χ0n) is 11.7. The van der Waals surface area contributed by atoms with Crippen LogP contribution >= 0.6 is 0 Å². The molecule has 3 heteroatoms. The van der Waals surface area contributed by atoms with Crippen molar-refractivity contribution in [1.82, 2.24) is 14.9 Å². The minimum atomic E-state index is 0.789. The molecule has 3 rings (SSSR count). The van der Waals surface area contributed by atoms with Crippen LogP contribution in [0.5, 0.6) is 0 Å². The van der Waals surface area contributed by atoms with E-state index in [0.29, 0.717) is 0 Å². The Morgan fingerprint density at radius 1 is 1.26 bits per heavy atom. The van der Waals surface area contributed by atoms with Crippen molar-refractivity contribution in [3.05, 3.63) is 30.1 Å². The number of benzene rings is 1. The summed E-state index contributed by atoms with van der Waals surface area (Å²) in [4.78, 5) is 4.85. The number of aromatic nitrogens is 2. The van der Waals surface area contributed by atoms with Crippen LogP contribution in [0.4, 0.5) is 0 Å². The second kappa shape index (κ2) is 5.74. The van der Waals surface area contributed by atoms with Crippen LogP contribution in [0.25, 0.3) is 11.0 Å². The standard InChI is InChI=1S/C16H23N3/c1-2-19-15-8-4-3-7-14(15)18-16(19)12-13-6-5-10-17-11-9-13/h3-4,7-8,13,17H,2,5-6,9-12H2,1H3. The Morgan fingerprint density at radius 3 is 3.05 bits per heavy atom. The molecular formula is C16H23N3. The number of imidazole rings is 1. The summed E-state index contributed by atoms with van der Waals surface area (Å²) in [5.74, 6) is 2.06. The number of fused-ring (bicyclic) bond motifs is 1. The van der Waals surface area contributed by atoms with Crippen molar-refractivity contribution in [2.45, 2.75) is 39.2 Å². The third-order valence-electron chi connectivity index (χ3n) is 4.22. The van der Waals surface area contributed by atoms with Crippen LogP contribution in [0, 0.1) is 5.92 Å². The molecule has 1 fully saturated rings. The van der Waals surface area contributed by atoms with E-state index in [1.165, 1.54) is 37.1 Å². The highest BCUT2D eigenvalue weighted by atomic mass is 15.1. The van der Waals surface area contributed by atoms with E-state index >= 15 is 0 Å². The lowest BCUT2D eigenvalue weighted by atomic mass is 9.96. The molecular weight excluding hydrogens is 234 g/mol. The number of hydrogen-bond acceptors (Lipinski definition) is 2. The fraction of sp³-hybridized carbons (Fsp3) is 0.562. The molecule has 1 aliphatic rings. The van der Waals surface area contributed by atoms with E-state index in [1.807, 2.05) is 0 Å². The van der Waals surface area contributed by atoms with Gasteiger partial charge in [-0.3, -0.25) is 0 Å². The summed E-state index contributed by atoms with van der Waals surface area (Å²) in [6, 6.07) is 8.49. The van der Waals surface area contributed by atoms with E-state index in [4.69, 9.17) is 4.98 Å². The van der Waals surface area contributed by atoms with Crippen molar-refractivity contribution in [2.75, 3.05) is 13.1 Å². The molecule has 0 radical (unpaired) electrons. The predicted molar refractivity (Wildman–Crippen MR) is 79.3 cm³/mol. The van der Waals surface area contributed by atoms with Crippen LogP contribution < -0.4 is 5.32 Å². The zero-order chi connectivity index (χ0) is 13.1. The Morgan fingerprint density at radius 2 is 2.16 bits per heavy atom. The Balaban J connectivity index is 1.87. The van der Waals surface area contributed by atoms with E-state index in [-0.39, 0.29) is 0 Å². The first-order valence-corrected chi connectivity index (χ1v) is 7.53. The minimum Gasteiger partial charge on any atom is -0.328 e. The smallest absolute Gasteiger partial charge is 0.110 e. The van der Waals surface area contributed by atoms with Gasteiger partial charge in [0.1, 0.15) is 5.82 Å². The SMILES string of the molecule is CCn1c(CC2CCCNCC2)nc2ccccc21. The maximum atomic E-state index is 4.85. The molecule has 0 bridgehead atoms. The van der Waals surface area contributed by atoms with E-state index in [2.05, 4.69) is 41.1 Å². The molecule has 1 saturated heterocycles. The molecule has 1 aromatic heterocycles. The summed E-state index contributed by atoms with van der Waals surface area (Å²) in [5, 5.41) is 3.49. The highest BCUT2D eigenvalue weighted by molar-refractivity contribution is 5.75. The molecule has 1 aromatic carbocycles. The van der Waals surface area contributed by atoms with E-state index in [0.717, 1.165) is 30.9 Å². The molecule has 0 amide bonds. The fourth-order valence-electron chi connectivity index (χ4n) is 3.19. The maximum absolute atomic E-state index is 4.85. The van der Waals surface area contributed by atoms with Crippen molar-refractivity contribution in [3.8, 4) is 0 Å². The number of rotatable bonds is 3. The summed E-state index contributed by atoms with van der Waals surface area (Å²) in [7, 11) is 0. The van der Waals surface area contributed by atoms with Gasteiger partial charge in [0.2, 0.25) is 0 Å². The van der Waals surface area contributed by atoms with Crippen LogP contribution in [0.15, 0.2) is 24.3 Å². The van der Waals surface area contributed by atoms with Gasteiger partial charge >= 0.3 is 0 Å². The van der Waals surface area contributed by atoms with E-state index in [9.17, 15) is 0 Å². The average Bonchev–Trinajstić information content (AvgIpc) is 2.60. The Hall–Kier alpha value is -1.35. The highest BCUT2D eigenvalue weighted by Crippen LogP contribution is 2.22. The van der Waals surface area contributed by atoms with Gasteiger partial charge in [-0.1, -0.05) is 12.1 Å². The molecule has 2 aromatic rings. The summed E-state index contributed by atoms with van der Waals surface area (Å²) >= 11 is 0. The lowest BCUT2D eigenvalue weighted by Gasteiger charge is -2.14. The van der Waals surface area contributed by atoms with Gasteiger partial charge in [0, 0.05) is 13.0 Å². The second-order valence-corrected chi connectivity index (χ2v) is 5.51. The number of aryl methyl sites for hydroxylation is 1. The van der Waals surface area contributed by atoms with Crippen LogP contribution in [0.1, 0.15) is 32.0 Å². The van der Waals surface area contributed by atoms with Gasteiger partial charge in [0.15, 0.2) is 0 Å². The van der Waals surface area contributed by atoms with Gasteiger partial charge in [-0.05, 0) is 57.3 Å². The van der Waals surface area contributed by atoms with Gasteiger partial charge in [-0.15, -0.1) is 0 Å². The Labute approximate surface area is 115 Å². The summed E-state index contributed by atoms with van der Waals surface area (Å²) < 4.78 is 2.38.